The number of hydrogen-bond donors (Lipinski definition) is 5. The van der Waals surface area contributed by atoms with Gasteiger partial charge >= 0.3 is 0 Å². The molecule has 4 atom stereocenters. The molecule has 0 unspecified atom stereocenters. The Balaban J connectivity index is 2.22. The van der Waals surface area contributed by atoms with Crippen molar-refractivity contribution < 1.29 is 14.9 Å². The predicted octanol–water partition coefficient (Wildman–Crippen LogP) is -1.18. The smallest absolute Gasteiger partial charge is 0.280 e. The number of nitrogen functional groups attached to an aromatic ring is 1. The van der Waals surface area contributed by atoms with Crippen LogP contribution in [0, 0.1) is 0 Å². The van der Waals surface area contributed by atoms with Crippen molar-refractivity contribution in [3.05, 3.63) is 16.7 Å². The zero-order valence-corrected chi connectivity index (χ0v) is 12.7. The zero-order chi connectivity index (χ0) is 16.1. The van der Waals surface area contributed by atoms with Crippen molar-refractivity contribution in [3.63, 3.8) is 0 Å². The predicted molar refractivity (Wildman–Crippen MR) is 81.6 cm³/mol. The van der Waals surface area contributed by atoms with Crippen LogP contribution in [0.3, 0.4) is 0 Å². The van der Waals surface area contributed by atoms with E-state index in [0.29, 0.717) is 6.42 Å². The Bertz CT molecular complexity index is 762. The Morgan fingerprint density at radius 3 is 2.95 bits per heavy atom. The number of aromatic nitrogens is 4. The molecule has 120 valence electrons. The van der Waals surface area contributed by atoms with E-state index in [0.717, 1.165) is 0 Å². The minimum absolute atomic E-state index is 0.0431. The van der Waals surface area contributed by atoms with E-state index in [1.54, 1.807) is 4.57 Å². The van der Waals surface area contributed by atoms with Crippen LogP contribution >= 0.6 is 12.6 Å². The molecule has 0 saturated carbocycles. The number of anilines is 1. The van der Waals surface area contributed by atoms with Crippen LogP contribution in [0.1, 0.15) is 13.3 Å². The van der Waals surface area contributed by atoms with Gasteiger partial charge in [-0.25, -0.2) is 4.98 Å². The average Bonchev–Trinajstić information content (AvgIpc) is 3.01. The lowest BCUT2D eigenvalue weighted by Gasteiger charge is -2.33. The third-order valence-electron chi connectivity index (χ3n) is 4.04. The monoisotopic (exact) mass is 327 g/mol. The number of thiol groups is 1. The van der Waals surface area contributed by atoms with Crippen LogP contribution in [-0.4, -0.2) is 53.8 Å². The number of aliphatic hydroxyl groups is 2. The van der Waals surface area contributed by atoms with Gasteiger partial charge in [0.25, 0.3) is 5.56 Å². The fourth-order valence-corrected chi connectivity index (χ4v) is 3.44. The van der Waals surface area contributed by atoms with Gasteiger partial charge in [0.15, 0.2) is 16.9 Å². The zero-order valence-electron chi connectivity index (χ0n) is 11.8. The first-order valence-electron chi connectivity index (χ1n) is 6.82. The van der Waals surface area contributed by atoms with Crippen LogP contribution in [0.25, 0.3) is 11.2 Å². The highest BCUT2D eigenvalue weighted by molar-refractivity contribution is 7.81. The van der Waals surface area contributed by atoms with E-state index in [4.69, 9.17) is 10.5 Å². The van der Waals surface area contributed by atoms with Crippen molar-refractivity contribution in [3.8, 4) is 0 Å². The highest BCUT2D eigenvalue weighted by atomic mass is 32.1. The second-order valence-corrected chi connectivity index (χ2v) is 5.77. The SMILES string of the molecule is CC[C@@]1(n2cnc3c(=O)[nH]c(N)nc32)O[C@H](CO)[C@@H](O)[C@H]1S. The number of imidazole rings is 1. The van der Waals surface area contributed by atoms with E-state index in [9.17, 15) is 15.0 Å². The molecule has 1 fully saturated rings. The van der Waals surface area contributed by atoms with Gasteiger partial charge in [-0.05, 0) is 6.42 Å². The molecule has 1 saturated heterocycles. The van der Waals surface area contributed by atoms with E-state index in [1.807, 2.05) is 6.92 Å². The van der Waals surface area contributed by atoms with Gasteiger partial charge in [-0.2, -0.15) is 17.6 Å². The second kappa shape index (κ2) is 5.23. The maximum Gasteiger partial charge on any atom is 0.280 e. The summed E-state index contributed by atoms with van der Waals surface area (Å²) in [6.07, 6.45) is 0.0874. The third kappa shape index (κ3) is 1.95. The summed E-state index contributed by atoms with van der Waals surface area (Å²) in [4.78, 5) is 22.4. The minimum atomic E-state index is -1.09. The largest absolute Gasteiger partial charge is 0.394 e. The summed E-state index contributed by atoms with van der Waals surface area (Å²) in [5.41, 5.74) is 4.41. The van der Waals surface area contributed by atoms with E-state index < -0.39 is 28.7 Å². The number of fused-ring (bicyclic) bond motifs is 1. The molecule has 10 heteroatoms. The molecule has 0 bridgehead atoms. The van der Waals surface area contributed by atoms with Gasteiger partial charge in [-0.3, -0.25) is 14.3 Å². The third-order valence-corrected chi connectivity index (χ3v) is 4.75. The standard InChI is InChI=1S/C12H17N5O4S/c1-2-12(8(22)7(19)5(3-18)21-12)17-4-14-6-9(17)15-11(13)16-10(6)20/h4-5,7-8,18-19,22H,2-3H2,1H3,(H3,13,15,16,20)/t5-,7-,8-,12-/m1/s1. The van der Waals surface area contributed by atoms with E-state index in [1.165, 1.54) is 6.33 Å². The minimum Gasteiger partial charge on any atom is -0.394 e. The first-order chi connectivity index (χ1) is 10.4. The van der Waals surface area contributed by atoms with Crippen molar-refractivity contribution in [2.24, 2.45) is 0 Å². The summed E-state index contributed by atoms with van der Waals surface area (Å²) >= 11 is 4.45. The van der Waals surface area contributed by atoms with Gasteiger partial charge in [-0.15, -0.1) is 0 Å². The van der Waals surface area contributed by atoms with Gasteiger partial charge in [-0.1, -0.05) is 6.92 Å². The van der Waals surface area contributed by atoms with E-state index in [-0.39, 0.29) is 23.7 Å². The van der Waals surface area contributed by atoms with Gasteiger partial charge in [0, 0.05) is 0 Å². The van der Waals surface area contributed by atoms with Crippen LogP contribution in [-0.2, 0) is 10.5 Å². The second-order valence-electron chi connectivity index (χ2n) is 5.21. The highest BCUT2D eigenvalue weighted by Crippen LogP contribution is 2.42. The number of ether oxygens (including phenoxy) is 1. The number of rotatable bonds is 3. The lowest BCUT2D eigenvalue weighted by molar-refractivity contribution is -0.115. The summed E-state index contributed by atoms with van der Waals surface area (Å²) < 4.78 is 7.40. The Hall–Kier alpha value is -1.62. The number of nitrogens with two attached hydrogens (primary N) is 1. The topological polar surface area (TPSA) is 139 Å². The van der Waals surface area contributed by atoms with Crippen molar-refractivity contribution in [2.45, 2.75) is 36.5 Å². The van der Waals surface area contributed by atoms with E-state index in [2.05, 4.69) is 27.6 Å². The van der Waals surface area contributed by atoms with Crippen LogP contribution in [0.15, 0.2) is 11.1 Å². The molecule has 0 radical (unpaired) electrons. The molecule has 1 aliphatic rings. The number of hydrogen-bond acceptors (Lipinski definition) is 8. The quantitative estimate of drug-likeness (QED) is 0.447. The number of aromatic amines is 1. The Morgan fingerprint density at radius 2 is 2.36 bits per heavy atom. The van der Waals surface area contributed by atoms with Gasteiger partial charge in [0.2, 0.25) is 5.95 Å². The normalized spacial score (nSPS) is 31.9. The first kappa shape index (κ1) is 15.3. The Morgan fingerprint density at radius 1 is 1.64 bits per heavy atom. The molecule has 0 aliphatic carbocycles. The van der Waals surface area contributed by atoms with Crippen LogP contribution < -0.4 is 11.3 Å². The molecule has 1 aliphatic heterocycles. The lowest BCUT2D eigenvalue weighted by Crippen LogP contribution is -2.42. The molecular formula is C12H17N5O4S. The lowest BCUT2D eigenvalue weighted by atomic mass is 10.0. The van der Waals surface area contributed by atoms with Crippen molar-refractivity contribution in [1.29, 1.82) is 0 Å². The molecule has 3 rings (SSSR count). The fourth-order valence-electron chi connectivity index (χ4n) is 2.88. The first-order valence-corrected chi connectivity index (χ1v) is 7.34. The fraction of sp³-hybridized carbons (Fsp3) is 0.583. The van der Waals surface area contributed by atoms with E-state index >= 15 is 0 Å². The maximum absolute atomic E-state index is 11.9. The molecule has 0 spiro atoms. The summed E-state index contributed by atoms with van der Waals surface area (Å²) in [6, 6.07) is 0. The summed E-state index contributed by atoms with van der Waals surface area (Å²) in [7, 11) is 0. The molecule has 3 heterocycles. The van der Waals surface area contributed by atoms with Gasteiger partial charge in [0.05, 0.1) is 24.3 Å². The number of aliphatic hydroxyl groups excluding tert-OH is 2. The molecular weight excluding hydrogens is 310 g/mol. The van der Waals surface area contributed by atoms with Crippen molar-refractivity contribution in [1.82, 2.24) is 19.5 Å². The van der Waals surface area contributed by atoms with Gasteiger partial charge < -0.3 is 20.7 Å². The summed E-state index contributed by atoms with van der Waals surface area (Å²) in [5.74, 6) is -0.0431. The van der Waals surface area contributed by atoms with Crippen molar-refractivity contribution >= 4 is 29.7 Å². The molecule has 0 aromatic carbocycles. The molecule has 0 amide bonds. The number of nitrogens with zero attached hydrogens (tertiary/aromatic N) is 3. The number of nitrogens with one attached hydrogen (secondary N) is 1. The molecule has 2 aromatic rings. The average molecular weight is 327 g/mol. The Labute approximate surface area is 130 Å². The molecule has 22 heavy (non-hydrogen) atoms. The van der Waals surface area contributed by atoms with Crippen LogP contribution in [0.4, 0.5) is 5.95 Å². The molecule has 5 N–H and O–H groups in total. The summed E-state index contributed by atoms with van der Waals surface area (Å²) in [6.45, 7) is 1.50. The van der Waals surface area contributed by atoms with Gasteiger partial charge in [0.1, 0.15) is 6.10 Å². The van der Waals surface area contributed by atoms with Crippen molar-refractivity contribution in [2.75, 3.05) is 12.3 Å². The molecule has 9 nitrogen and oxygen atoms in total. The summed E-state index contributed by atoms with van der Waals surface area (Å²) in [5, 5.41) is 18.9. The molecule has 2 aromatic heterocycles. The Kier molecular flexibility index (Phi) is 3.63. The maximum atomic E-state index is 11.9. The van der Waals surface area contributed by atoms with Crippen LogP contribution in [0.2, 0.25) is 0 Å². The number of H-pyrrole nitrogens is 1. The van der Waals surface area contributed by atoms with Crippen LogP contribution in [0.5, 0.6) is 0 Å². The highest BCUT2D eigenvalue weighted by Gasteiger charge is 2.53.